The van der Waals surface area contributed by atoms with E-state index in [1.165, 1.54) is 25.3 Å². The molecule has 2 N–H and O–H groups in total. The molecule has 28 heavy (non-hydrogen) atoms. The minimum Gasteiger partial charge on any atom is -0.495 e. The molecule has 3 rings (SSSR count). The SMILES string of the molecule is COc1ccc(S(=O)(=O)NC2CC2)cc1NC(=O)C1CCCN1C(=O)C(C)C. The number of ether oxygens (including phenoxy) is 1. The minimum absolute atomic E-state index is 0.0146. The maximum atomic E-state index is 12.8. The first-order chi connectivity index (χ1) is 13.2. The second-order valence-electron chi connectivity index (χ2n) is 7.59. The highest BCUT2D eigenvalue weighted by Gasteiger charge is 2.35. The zero-order valence-electron chi connectivity index (χ0n) is 16.4. The van der Waals surface area contributed by atoms with Crippen molar-refractivity contribution < 1.29 is 22.7 Å². The zero-order chi connectivity index (χ0) is 20.5. The lowest BCUT2D eigenvalue weighted by Crippen LogP contribution is -2.44. The number of hydrogen-bond acceptors (Lipinski definition) is 5. The summed E-state index contributed by atoms with van der Waals surface area (Å²) in [7, 11) is -2.21. The summed E-state index contributed by atoms with van der Waals surface area (Å²) in [5, 5.41) is 2.76. The van der Waals surface area contributed by atoms with Crippen LogP contribution in [0.3, 0.4) is 0 Å². The predicted octanol–water partition coefficient (Wildman–Crippen LogP) is 1.72. The number of hydrogen-bond donors (Lipinski definition) is 2. The van der Waals surface area contributed by atoms with E-state index < -0.39 is 16.1 Å². The fourth-order valence-electron chi connectivity index (χ4n) is 3.29. The molecule has 1 unspecified atom stereocenters. The molecule has 1 aromatic rings. The number of nitrogens with one attached hydrogen (secondary N) is 2. The van der Waals surface area contributed by atoms with Gasteiger partial charge in [-0.2, -0.15) is 0 Å². The van der Waals surface area contributed by atoms with Crippen molar-refractivity contribution in [3.8, 4) is 5.75 Å². The van der Waals surface area contributed by atoms with Gasteiger partial charge in [0.05, 0.1) is 17.7 Å². The number of carbonyl (C=O) groups is 2. The Bertz CT molecular complexity index is 864. The molecule has 154 valence electrons. The number of benzene rings is 1. The van der Waals surface area contributed by atoms with Gasteiger partial charge in [0.1, 0.15) is 11.8 Å². The topological polar surface area (TPSA) is 105 Å². The molecule has 1 saturated carbocycles. The number of nitrogens with zero attached hydrogens (tertiary/aromatic N) is 1. The third-order valence-corrected chi connectivity index (χ3v) is 6.49. The predicted molar refractivity (Wildman–Crippen MR) is 105 cm³/mol. The van der Waals surface area contributed by atoms with Gasteiger partial charge in [0.2, 0.25) is 21.8 Å². The summed E-state index contributed by atoms with van der Waals surface area (Å²) in [6.07, 6.45) is 3.00. The normalized spacial score (nSPS) is 19.7. The van der Waals surface area contributed by atoms with Crippen LogP contribution in [-0.4, -0.2) is 50.9 Å². The number of amides is 2. The lowest BCUT2D eigenvalue weighted by molar-refractivity contribution is -0.139. The standard InChI is InChI=1S/C19H27N3O5S/c1-12(2)19(24)22-10-4-5-16(22)18(23)20-15-11-14(8-9-17(15)27-3)28(25,26)21-13-6-7-13/h8-9,11-13,16,21H,4-7,10H2,1-3H3,(H,20,23). The zero-order valence-corrected chi connectivity index (χ0v) is 17.2. The molecule has 1 aliphatic heterocycles. The van der Waals surface area contributed by atoms with E-state index in [1.54, 1.807) is 18.7 Å². The van der Waals surface area contributed by atoms with Crippen molar-refractivity contribution in [2.24, 2.45) is 5.92 Å². The molecule has 1 aliphatic carbocycles. The number of anilines is 1. The Morgan fingerprint density at radius 2 is 1.93 bits per heavy atom. The molecular weight excluding hydrogens is 382 g/mol. The highest BCUT2D eigenvalue weighted by atomic mass is 32.2. The smallest absolute Gasteiger partial charge is 0.247 e. The van der Waals surface area contributed by atoms with Crippen molar-refractivity contribution in [2.75, 3.05) is 19.0 Å². The van der Waals surface area contributed by atoms with E-state index in [9.17, 15) is 18.0 Å². The fraction of sp³-hybridized carbons (Fsp3) is 0.579. The van der Waals surface area contributed by atoms with Gasteiger partial charge in [-0.1, -0.05) is 13.8 Å². The number of sulfonamides is 1. The van der Waals surface area contributed by atoms with Gasteiger partial charge in [0, 0.05) is 18.5 Å². The average Bonchev–Trinajstić information content (AvgIpc) is 3.31. The van der Waals surface area contributed by atoms with Crippen molar-refractivity contribution in [3.63, 3.8) is 0 Å². The molecule has 1 atom stereocenters. The highest BCUT2D eigenvalue weighted by Crippen LogP contribution is 2.30. The van der Waals surface area contributed by atoms with Crippen LogP contribution in [0, 0.1) is 5.92 Å². The summed E-state index contributed by atoms with van der Waals surface area (Å²) in [6.45, 7) is 4.16. The van der Waals surface area contributed by atoms with Crippen molar-refractivity contribution in [1.29, 1.82) is 0 Å². The van der Waals surface area contributed by atoms with Crippen molar-refractivity contribution >= 4 is 27.5 Å². The van der Waals surface area contributed by atoms with Gasteiger partial charge in [0.15, 0.2) is 0 Å². The van der Waals surface area contributed by atoms with Gasteiger partial charge in [-0.3, -0.25) is 9.59 Å². The Hall–Kier alpha value is -2.13. The number of carbonyl (C=O) groups excluding carboxylic acids is 2. The summed E-state index contributed by atoms with van der Waals surface area (Å²) in [5.74, 6) is -0.229. The molecule has 0 spiro atoms. The second kappa shape index (κ2) is 8.08. The number of methoxy groups -OCH3 is 1. The van der Waals surface area contributed by atoms with Crippen LogP contribution in [0.25, 0.3) is 0 Å². The van der Waals surface area contributed by atoms with Crippen molar-refractivity contribution in [1.82, 2.24) is 9.62 Å². The Kier molecular flexibility index (Phi) is 5.95. The Morgan fingerprint density at radius 1 is 1.21 bits per heavy atom. The van der Waals surface area contributed by atoms with Crippen LogP contribution in [0.4, 0.5) is 5.69 Å². The lowest BCUT2D eigenvalue weighted by atomic mass is 10.1. The van der Waals surface area contributed by atoms with Gasteiger partial charge >= 0.3 is 0 Å². The van der Waals surface area contributed by atoms with E-state index >= 15 is 0 Å². The molecule has 8 nitrogen and oxygen atoms in total. The van der Waals surface area contributed by atoms with Crippen LogP contribution in [0.2, 0.25) is 0 Å². The van der Waals surface area contributed by atoms with Crippen molar-refractivity contribution in [2.45, 2.75) is 56.5 Å². The molecule has 2 amide bonds. The molecule has 2 fully saturated rings. The van der Waals surface area contributed by atoms with Crippen LogP contribution in [-0.2, 0) is 19.6 Å². The number of likely N-dealkylation sites (tertiary alicyclic amines) is 1. The van der Waals surface area contributed by atoms with Crippen LogP contribution in [0.15, 0.2) is 23.1 Å². The van der Waals surface area contributed by atoms with Gasteiger partial charge in [-0.05, 0) is 43.9 Å². The molecule has 1 aromatic carbocycles. The molecule has 2 aliphatic rings. The van der Waals surface area contributed by atoms with Crippen LogP contribution in [0.5, 0.6) is 5.75 Å². The summed E-state index contributed by atoms with van der Waals surface area (Å²) in [4.78, 5) is 26.9. The summed E-state index contributed by atoms with van der Waals surface area (Å²) < 4.78 is 32.8. The fourth-order valence-corrected chi connectivity index (χ4v) is 4.62. The minimum atomic E-state index is -3.66. The molecule has 1 saturated heterocycles. The molecule has 0 aromatic heterocycles. The van der Waals surface area contributed by atoms with E-state index in [0.717, 1.165) is 19.3 Å². The van der Waals surface area contributed by atoms with E-state index in [0.29, 0.717) is 18.7 Å². The Morgan fingerprint density at radius 3 is 2.54 bits per heavy atom. The molecular formula is C19H27N3O5S. The first-order valence-corrected chi connectivity index (χ1v) is 11.0. The molecule has 9 heteroatoms. The molecule has 1 heterocycles. The number of rotatable bonds is 7. The monoisotopic (exact) mass is 409 g/mol. The summed E-state index contributed by atoms with van der Waals surface area (Å²) in [5.41, 5.74) is 0.273. The van der Waals surface area contributed by atoms with Gasteiger partial charge < -0.3 is 15.0 Å². The maximum absolute atomic E-state index is 12.8. The van der Waals surface area contributed by atoms with Crippen molar-refractivity contribution in [3.05, 3.63) is 18.2 Å². The van der Waals surface area contributed by atoms with Gasteiger partial charge in [0.25, 0.3) is 0 Å². The largest absolute Gasteiger partial charge is 0.495 e. The second-order valence-corrected chi connectivity index (χ2v) is 9.31. The first-order valence-electron chi connectivity index (χ1n) is 9.54. The highest BCUT2D eigenvalue weighted by molar-refractivity contribution is 7.89. The quantitative estimate of drug-likeness (QED) is 0.713. The summed E-state index contributed by atoms with van der Waals surface area (Å²) in [6, 6.07) is 3.78. The van der Waals surface area contributed by atoms with Crippen LogP contribution < -0.4 is 14.8 Å². The first kappa shape index (κ1) is 20.6. The Balaban J connectivity index is 1.81. The maximum Gasteiger partial charge on any atom is 0.247 e. The average molecular weight is 410 g/mol. The third kappa shape index (κ3) is 4.47. The molecule has 0 radical (unpaired) electrons. The van der Waals surface area contributed by atoms with E-state index in [2.05, 4.69) is 10.0 Å². The molecule has 0 bridgehead atoms. The van der Waals surface area contributed by atoms with Crippen LogP contribution in [0.1, 0.15) is 39.5 Å². The third-order valence-electron chi connectivity index (χ3n) is 4.97. The lowest BCUT2D eigenvalue weighted by Gasteiger charge is -2.26. The van der Waals surface area contributed by atoms with E-state index in [1.807, 2.05) is 0 Å². The van der Waals surface area contributed by atoms with E-state index in [-0.39, 0.29) is 34.4 Å². The van der Waals surface area contributed by atoms with E-state index in [4.69, 9.17) is 4.74 Å². The Labute approximate surface area is 165 Å². The van der Waals surface area contributed by atoms with Gasteiger partial charge in [-0.15, -0.1) is 0 Å². The summed E-state index contributed by atoms with van der Waals surface area (Å²) >= 11 is 0. The van der Waals surface area contributed by atoms with Gasteiger partial charge in [-0.25, -0.2) is 13.1 Å². The van der Waals surface area contributed by atoms with Crippen LogP contribution >= 0.6 is 0 Å².